The fourth-order valence-corrected chi connectivity index (χ4v) is 1.54. The van der Waals surface area contributed by atoms with E-state index < -0.39 is 0 Å². The molecule has 0 aromatic heterocycles. The first kappa shape index (κ1) is 12.4. The summed E-state index contributed by atoms with van der Waals surface area (Å²) in [6.45, 7) is 2.52. The minimum Gasteiger partial charge on any atom is -0.454 e. The highest BCUT2D eigenvalue weighted by molar-refractivity contribution is 5.92. The fraction of sp³-hybridized carbons (Fsp3) is 0.308. The van der Waals surface area contributed by atoms with Gasteiger partial charge >= 0.3 is 0 Å². The largest absolute Gasteiger partial charge is 0.454 e. The highest BCUT2D eigenvalue weighted by Gasteiger charge is 2.12. The minimum atomic E-state index is -0.161. The topological polar surface area (TPSA) is 73.6 Å². The van der Waals surface area contributed by atoms with E-state index in [-0.39, 0.29) is 18.7 Å². The number of amides is 1. The van der Waals surface area contributed by atoms with Crippen LogP contribution in [-0.4, -0.2) is 25.3 Å². The van der Waals surface area contributed by atoms with Crippen LogP contribution in [0.4, 0.5) is 0 Å². The van der Waals surface area contributed by atoms with E-state index in [0.717, 1.165) is 11.3 Å². The van der Waals surface area contributed by atoms with Crippen LogP contribution in [0.25, 0.3) is 6.08 Å². The second-order valence-electron chi connectivity index (χ2n) is 4.09. The summed E-state index contributed by atoms with van der Waals surface area (Å²) in [6.07, 6.45) is 3.20. The monoisotopic (exact) mass is 248 g/mol. The van der Waals surface area contributed by atoms with E-state index in [2.05, 4.69) is 5.32 Å². The van der Waals surface area contributed by atoms with Crippen LogP contribution in [0, 0.1) is 0 Å². The first-order valence-electron chi connectivity index (χ1n) is 5.77. The van der Waals surface area contributed by atoms with Gasteiger partial charge < -0.3 is 20.5 Å². The third-order valence-corrected chi connectivity index (χ3v) is 2.57. The maximum Gasteiger partial charge on any atom is 0.244 e. The molecule has 0 aliphatic carbocycles. The number of hydrogen-bond donors (Lipinski definition) is 2. The Kier molecular flexibility index (Phi) is 3.84. The molecule has 1 atom stereocenters. The van der Waals surface area contributed by atoms with Gasteiger partial charge in [-0.05, 0) is 30.7 Å². The van der Waals surface area contributed by atoms with Gasteiger partial charge in [0.25, 0.3) is 0 Å². The number of rotatable bonds is 4. The summed E-state index contributed by atoms with van der Waals surface area (Å²) in [5.74, 6) is 1.27. The molecule has 0 saturated carbocycles. The van der Waals surface area contributed by atoms with E-state index in [4.69, 9.17) is 15.2 Å². The average molecular weight is 248 g/mol. The van der Waals surface area contributed by atoms with Crippen LogP contribution < -0.4 is 20.5 Å². The maximum absolute atomic E-state index is 11.5. The molecule has 0 fully saturated rings. The summed E-state index contributed by atoms with van der Waals surface area (Å²) in [7, 11) is 0. The van der Waals surface area contributed by atoms with Crippen LogP contribution in [0.15, 0.2) is 24.3 Å². The third kappa shape index (κ3) is 3.01. The lowest BCUT2D eigenvalue weighted by molar-refractivity contribution is -0.116. The molecule has 96 valence electrons. The van der Waals surface area contributed by atoms with Crippen molar-refractivity contribution >= 4 is 12.0 Å². The molecular weight excluding hydrogens is 232 g/mol. The Morgan fingerprint density at radius 3 is 3.06 bits per heavy atom. The minimum absolute atomic E-state index is 0.0288. The molecule has 0 spiro atoms. The van der Waals surface area contributed by atoms with Gasteiger partial charge in [0.2, 0.25) is 12.7 Å². The van der Waals surface area contributed by atoms with Gasteiger partial charge in [-0.15, -0.1) is 0 Å². The molecule has 5 heteroatoms. The Morgan fingerprint density at radius 2 is 2.28 bits per heavy atom. The van der Waals surface area contributed by atoms with Crippen molar-refractivity contribution in [3.63, 3.8) is 0 Å². The molecule has 1 aromatic carbocycles. The second kappa shape index (κ2) is 5.55. The highest BCUT2D eigenvalue weighted by Crippen LogP contribution is 2.32. The molecular formula is C13H16N2O3. The van der Waals surface area contributed by atoms with Gasteiger partial charge in [-0.1, -0.05) is 6.07 Å². The van der Waals surface area contributed by atoms with Gasteiger partial charge in [-0.2, -0.15) is 0 Å². The molecule has 1 aliphatic heterocycles. The van der Waals surface area contributed by atoms with Crippen molar-refractivity contribution < 1.29 is 14.3 Å². The Labute approximate surface area is 106 Å². The standard InChI is InChI=1S/C13H16N2O3/c1-9(7-14)15-13(16)5-3-10-2-4-11-12(6-10)18-8-17-11/h2-6,9H,7-8,14H2,1H3,(H,15,16)/b5-3+. The van der Waals surface area contributed by atoms with Gasteiger partial charge in [-0.25, -0.2) is 0 Å². The van der Waals surface area contributed by atoms with E-state index in [9.17, 15) is 4.79 Å². The van der Waals surface area contributed by atoms with Crippen molar-refractivity contribution in [1.29, 1.82) is 0 Å². The van der Waals surface area contributed by atoms with Crippen molar-refractivity contribution in [2.45, 2.75) is 13.0 Å². The van der Waals surface area contributed by atoms with E-state index in [1.54, 1.807) is 6.08 Å². The number of hydrogen-bond acceptors (Lipinski definition) is 4. The molecule has 0 saturated heterocycles. The molecule has 1 heterocycles. The SMILES string of the molecule is CC(CN)NC(=O)/C=C/c1ccc2c(c1)OCO2. The van der Waals surface area contributed by atoms with Crippen LogP contribution in [-0.2, 0) is 4.79 Å². The zero-order valence-corrected chi connectivity index (χ0v) is 10.2. The molecule has 2 rings (SSSR count). The van der Waals surface area contributed by atoms with E-state index in [0.29, 0.717) is 12.3 Å². The maximum atomic E-state index is 11.5. The molecule has 5 nitrogen and oxygen atoms in total. The van der Waals surface area contributed by atoms with Crippen molar-refractivity contribution in [2.75, 3.05) is 13.3 Å². The number of benzene rings is 1. The number of nitrogens with two attached hydrogens (primary N) is 1. The van der Waals surface area contributed by atoms with Crippen LogP contribution in [0.1, 0.15) is 12.5 Å². The third-order valence-electron chi connectivity index (χ3n) is 2.57. The first-order chi connectivity index (χ1) is 8.69. The lowest BCUT2D eigenvalue weighted by Gasteiger charge is -2.08. The summed E-state index contributed by atoms with van der Waals surface area (Å²) in [6, 6.07) is 5.49. The summed E-state index contributed by atoms with van der Waals surface area (Å²) in [5.41, 5.74) is 6.30. The normalized spacial score (nSPS) is 14.8. The number of carbonyl (C=O) groups is 1. The molecule has 1 aliphatic rings. The number of ether oxygens (including phenoxy) is 2. The molecule has 0 radical (unpaired) electrons. The summed E-state index contributed by atoms with van der Waals surface area (Å²) < 4.78 is 10.5. The molecule has 18 heavy (non-hydrogen) atoms. The number of carbonyl (C=O) groups excluding carboxylic acids is 1. The molecule has 1 aromatic rings. The van der Waals surface area contributed by atoms with Crippen molar-refractivity contribution in [3.05, 3.63) is 29.8 Å². The lowest BCUT2D eigenvalue weighted by Crippen LogP contribution is -2.36. The van der Waals surface area contributed by atoms with E-state index in [1.165, 1.54) is 6.08 Å². The molecule has 0 bridgehead atoms. The Bertz CT molecular complexity index is 471. The molecule has 3 N–H and O–H groups in total. The summed E-state index contributed by atoms with van der Waals surface area (Å²) in [5, 5.41) is 2.75. The van der Waals surface area contributed by atoms with Crippen molar-refractivity contribution in [3.8, 4) is 11.5 Å². The van der Waals surface area contributed by atoms with Gasteiger partial charge in [-0.3, -0.25) is 4.79 Å². The first-order valence-corrected chi connectivity index (χ1v) is 5.77. The predicted octanol–water partition coefficient (Wildman–Crippen LogP) is 0.892. The van der Waals surface area contributed by atoms with Crippen molar-refractivity contribution in [1.82, 2.24) is 5.32 Å². The Hall–Kier alpha value is -2.01. The number of nitrogens with one attached hydrogen (secondary N) is 1. The van der Waals surface area contributed by atoms with Gasteiger partial charge in [0.1, 0.15) is 0 Å². The second-order valence-corrected chi connectivity index (χ2v) is 4.09. The van der Waals surface area contributed by atoms with Crippen LogP contribution >= 0.6 is 0 Å². The van der Waals surface area contributed by atoms with Gasteiger partial charge in [0, 0.05) is 18.7 Å². The van der Waals surface area contributed by atoms with Crippen LogP contribution in [0.5, 0.6) is 11.5 Å². The van der Waals surface area contributed by atoms with Crippen molar-refractivity contribution in [2.24, 2.45) is 5.73 Å². The summed E-state index contributed by atoms with van der Waals surface area (Å²) in [4.78, 5) is 11.5. The Balaban J connectivity index is 1.98. The lowest BCUT2D eigenvalue weighted by atomic mass is 10.2. The predicted molar refractivity (Wildman–Crippen MR) is 68.3 cm³/mol. The average Bonchev–Trinajstić information content (AvgIpc) is 2.83. The molecule has 1 amide bonds. The smallest absolute Gasteiger partial charge is 0.244 e. The fourth-order valence-electron chi connectivity index (χ4n) is 1.54. The van der Waals surface area contributed by atoms with Gasteiger partial charge in [0.05, 0.1) is 0 Å². The van der Waals surface area contributed by atoms with Crippen LogP contribution in [0.3, 0.4) is 0 Å². The quantitative estimate of drug-likeness (QED) is 0.776. The highest BCUT2D eigenvalue weighted by atomic mass is 16.7. The van der Waals surface area contributed by atoms with Gasteiger partial charge in [0.15, 0.2) is 11.5 Å². The number of fused-ring (bicyclic) bond motifs is 1. The van der Waals surface area contributed by atoms with Crippen LogP contribution in [0.2, 0.25) is 0 Å². The Morgan fingerprint density at radius 1 is 1.50 bits per heavy atom. The zero-order valence-electron chi connectivity index (χ0n) is 10.2. The van der Waals surface area contributed by atoms with E-state index in [1.807, 2.05) is 25.1 Å². The van der Waals surface area contributed by atoms with E-state index >= 15 is 0 Å². The molecule has 1 unspecified atom stereocenters. The zero-order chi connectivity index (χ0) is 13.0. The summed E-state index contributed by atoms with van der Waals surface area (Å²) >= 11 is 0.